The van der Waals surface area contributed by atoms with Gasteiger partial charge < -0.3 is 5.32 Å². The van der Waals surface area contributed by atoms with Crippen LogP contribution in [0.15, 0.2) is 24.3 Å². The summed E-state index contributed by atoms with van der Waals surface area (Å²) in [5.41, 5.74) is 1.49. The van der Waals surface area contributed by atoms with Crippen LogP contribution in [0.1, 0.15) is 17.5 Å². The van der Waals surface area contributed by atoms with Gasteiger partial charge in [0, 0.05) is 5.75 Å². The minimum absolute atomic E-state index is 0.0657. The van der Waals surface area contributed by atoms with E-state index < -0.39 is 5.54 Å². The van der Waals surface area contributed by atoms with E-state index in [9.17, 15) is 9.59 Å². The summed E-state index contributed by atoms with van der Waals surface area (Å²) in [6, 6.07) is 7.65. The number of imide groups is 1. The first-order chi connectivity index (χ1) is 9.11. The van der Waals surface area contributed by atoms with Crippen LogP contribution >= 0.6 is 11.8 Å². The Kier molecular flexibility index (Phi) is 3.01. The fraction of sp³-hybridized carbons (Fsp3) is 0.429. The van der Waals surface area contributed by atoms with E-state index in [0.717, 1.165) is 23.3 Å². The largest absolute Gasteiger partial charge is 0.325 e. The molecule has 0 bridgehead atoms. The molecule has 3 rings (SSSR count). The predicted octanol–water partition coefficient (Wildman–Crippen LogP) is 1.92. The van der Waals surface area contributed by atoms with Gasteiger partial charge in [-0.05, 0) is 24.7 Å². The van der Waals surface area contributed by atoms with Gasteiger partial charge in [-0.2, -0.15) is 11.8 Å². The van der Waals surface area contributed by atoms with Gasteiger partial charge in [0.25, 0.3) is 5.91 Å². The summed E-state index contributed by atoms with van der Waals surface area (Å²) in [5.74, 6) is 1.57. The number of carbonyl (C=O) groups is 2. The molecule has 3 amide bonds. The lowest BCUT2D eigenvalue weighted by molar-refractivity contribution is -0.130. The first-order valence-electron chi connectivity index (χ1n) is 6.38. The highest BCUT2D eigenvalue weighted by atomic mass is 32.2. The van der Waals surface area contributed by atoms with Gasteiger partial charge in [-0.3, -0.25) is 9.69 Å². The lowest BCUT2D eigenvalue weighted by atomic mass is 9.99. The third kappa shape index (κ3) is 2.12. The average molecular weight is 276 g/mol. The number of rotatable bonds is 2. The first-order valence-corrected chi connectivity index (χ1v) is 7.54. The third-order valence-electron chi connectivity index (χ3n) is 3.69. The van der Waals surface area contributed by atoms with Crippen LogP contribution in [-0.2, 0) is 11.3 Å². The molecule has 0 aromatic heterocycles. The number of thioether (sulfide) groups is 1. The van der Waals surface area contributed by atoms with E-state index in [2.05, 4.69) is 5.32 Å². The van der Waals surface area contributed by atoms with Gasteiger partial charge in [0.1, 0.15) is 5.54 Å². The summed E-state index contributed by atoms with van der Waals surface area (Å²) in [4.78, 5) is 25.8. The molecule has 100 valence electrons. The molecule has 1 aromatic rings. The molecule has 0 unspecified atom stereocenters. The zero-order valence-electron chi connectivity index (χ0n) is 10.8. The zero-order valence-corrected chi connectivity index (χ0v) is 11.6. The molecule has 2 heterocycles. The van der Waals surface area contributed by atoms with Crippen molar-refractivity contribution in [2.24, 2.45) is 0 Å². The molecule has 0 radical (unpaired) electrons. The number of amides is 3. The fourth-order valence-corrected chi connectivity index (χ4v) is 3.97. The summed E-state index contributed by atoms with van der Waals surface area (Å²) in [7, 11) is 0. The average Bonchev–Trinajstić information content (AvgIpc) is 2.92. The van der Waals surface area contributed by atoms with Crippen molar-refractivity contribution in [1.82, 2.24) is 10.2 Å². The van der Waals surface area contributed by atoms with Crippen LogP contribution in [0.2, 0.25) is 0 Å². The van der Waals surface area contributed by atoms with Gasteiger partial charge in [-0.25, -0.2) is 4.79 Å². The molecular weight excluding hydrogens is 260 g/mol. The quantitative estimate of drug-likeness (QED) is 0.840. The maximum atomic E-state index is 12.5. The molecule has 19 heavy (non-hydrogen) atoms. The number of aryl methyl sites for hydroxylation is 1. The highest BCUT2D eigenvalue weighted by molar-refractivity contribution is 7.99. The van der Waals surface area contributed by atoms with Crippen molar-refractivity contribution in [2.75, 3.05) is 11.5 Å². The molecule has 1 aromatic carbocycles. The maximum absolute atomic E-state index is 12.5. The monoisotopic (exact) mass is 276 g/mol. The summed E-state index contributed by atoms with van der Waals surface area (Å²) in [5, 5.41) is 2.88. The fourth-order valence-electron chi connectivity index (χ4n) is 2.65. The Hall–Kier alpha value is -1.49. The molecule has 1 N–H and O–H groups in total. The van der Waals surface area contributed by atoms with E-state index in [1.54, 1.807) is 11.8 Å². The van der Waals surface area contributed by atoms with E-state index >= 15 is 0 Å². The standard InChI is InChI=1S/C14H16N2O2S/c1-10-3-2-4-11(7-10)8-16-12(17)14(15-13(16)18)5-6-19-9-14/h2-4,7H,5-6,8-9H2,1H3,(H,15,18)/t14-/m0/s1. The molecule has 2 fully saturated rings. The highest BCUT2D eigenvalue weighted by Gasteiger charge is 2.52. The summed E-state index contributed by atoms with van der Waals surface area (Å²) in [6.07, 6.45) is 0.743. The summed E-state index contributed by atoms with van der Waals surface area (Å²) >= 11 is 1.72. The van der Waals surface area contributed by atoms with Crippen molar-refractivity contribution in [1.29, 1.82) is 0 Å². The second kappa shape index (κ2) is 4.56. The van der Waals surface area contributed by atoms with Crippen LogP contribution in [0.3, 0.4) is 0 Å². The van der Waals surface area contributed by atoms with Crippen LogP contribution in [0, 0.1) is 6.92 Å². The minimum atomic E-state index is -0.633. The molecule has 1 atom stereocenters. The van der Waals surface area contributed by atoms with E-state index in [1.807, 2.05) is 31.2 Å². The summed E-state index contributed by atoms with van der Waals surface area (Å²) in [6.45, 7) is 2.36. The SMILES string of the molecule is Cc1cccc(CN2C(=O)N[C@]3(CCSC3)C2=O)c1. The Bertz CT molecular complexity index is 538. The smallest absolute Gasteiger partial charge is 0.322 e. The Balaban J connectivity index is 1.82. The highest BCUT2D eigenvalue weighted by Crippen LogP contribution is 2.33. The second-order valence-electron chi connectivity index (χ2n) is 5.20. The topological polar surface area (TPSA) is 49.4 Å². The Morgan fingerprint density at radius 1 is 1.42 bits per heavy atom. The van der Waals surface area contributed by atoms with Crippen molar-refractivity contribution < 1.29 is 9.59 Å². The van der Waals surface area contributed by atoms with Crippen LogP contribution in [0.4, 0.5) is 4.79 Å². The van der Waals surface area contributed by atoms with Crippen LogP contribution in [-0.4, -0.2) is 33.9 Å². The molecule has 2 aliphatic heterocycles. The number of carbonyl (C=O) groups excluding carboxylic acids is 2. The minimum Gasteiger partial charge on any atom is -0.322 e. The van der Waals surface area contributed by atoms with E-state index in [-0.39, 0.29) is 11.9 Å². The van der Waals surface area contributed by atoms with Gasteiger partial charge in [0.2, 0.25) is 0 Å². The van der Waals surface area contributed by atoms with Crippen LogP contribution in [0.5, 0.6) is 0 Å². The molecular formula is C14H16N2O2S. The van der Waals surface area contributed by atoms with Gasteiger partial charge >= 0.3 is 6.03 Å². The lowest BCUT2D eigenvalue weighted by Crippen LogP contribution is -2.46. The number of benzene rings is 1. The lowest BCUT2D eigenvalue weighted by Gasteiger charge is -2.19. The van der Waals surface area contributed by atoms with E-state index in [0.29, 0.717) is 12.3 Å². The van der Waals surface area contributed by atoms with Crippen molar-refractivity contribution in [2.45, 2.75) is 25.4 Å². The van der Waals surface area contributed by atoms with Crippen molar-refractivity contribution in [3.8, 4) is 0 Å². The zero-order chi connectivity index (χ0) is 13.5. The van der Waals surface area contributed by atoms with Crippen molar-refractivity contribution >= 4 is 23.7 Å². The number of nitrogens with one attached hydrogen (secondary N) is 1. The molecule has 0 aliphatic carbocycles. The molecule has 0 saturated carbocycles. The van der Waals surface area contributed by atoms with Crippen LogP contribution < -0.4 is 5.32 Å². The van der Waals surface area contributed by atoms with Crippen LogP contribution in [0.25, 0.3) is 0 Å². The Labute approximate surface area is 116 Å². The molecule has 2 aliphatic rings. The normalized spacial score (nSPS) is 26.3. The number of hydrogen-bond donors (Lipinski definition) is 1. The van der Waals surface area contributed by atoms with Gasteiger partial charge in [-0.1, -0.05) is 29.8 Å². The van der Waals surface area contributed by atoms with Crippen molar-refractivity contribution in [3.05, 3.63) is 35.4 Å². The molecule has 2 saturated heterocycles. The number of hydrogen-bond acceptors (Lipinski definition) is 3. The van der Waals surface area contributed by atoms with Gasteiger partial charge in [0.15, 0.2) is 0 Å². The third-order valence-corrected chi connectivity index (χ3v) is 4.88. The Morgan fingerprint density at radius 3 is 2.95 bits per heavy atom. The second-order valence-corrected chi connectivity index (χ2v) is 6.30. The maximum Gasteiger partial charge on any atom is 0.325 e. The number of urea groups is 1. The van der Waals surface area contributed by atoms with Gasteiger partial charge in [-0.15, -0.1) is 0 Å². The van der Waals surface area contributed by atoms with E-state index in [1.165, 1.54) is 4.90 Å². The summed E-state index contributed by atoms with van der Waals surface area (Å²) < 4.78 is 0. The van der Waals surface area contributed by atoms with Crippen molar-refractivity contribution in [3.63, 3.8) is 0 Å². The van der Waals surface area contributed by atoms with E-state index in [4.69, 9.17) is 0 Å². The predicted molar refractivity (Wildman–Crippen MR) is 74.9 cm³/mol. The molecule has 5 heteroatoms. The van der Waals surface area contributed by atoms with Gasteiger partial charge in [0.05, 0.1) is 6.54 Å². The Morgan fingerprint density at radius 2 is 2.26 bits per heavy atom. The molecule has 4 nitrogen and oxygen atoms in total. The first kappa shape index (κ1) is 12.5. The number of nitrogens with zero attached hydrogens (tertiary/aromatic N) is 1. The molecule has 1 spiro atoms.